The molecule has 0 unspecified atom stereocenters. The number of hydrogen-bond acceptors (Lipinski definition) is 11. The first kappa shape index (κ1) is 49.0. The summed E-state index contributed by atoms with van der Waals surface area (Å²) in [5.41, 5.74) is 2.90. The van der Waals surface area contributed by atoms with Gasteiger partial charge in [-0.05, 0) is 105 Å². The lowest BCUT2D eigenvalue weighted by atomic mass is 9.84. The van der Waals surface area contributed by atoms with Crippen molar-refractivity contribution in [2.75, 3.05) is 7.11 Å². The topological polar surface area (TPSA) is 131 Å². The van der Waals surface area contributed by atoms with Crippen LogP contribution < -0.4 is 0 Å². The number of nitrogens with zero attached hydrogens (tertiary/aromatic N) is 1. The molecular formula is C53H65NO7S3. The maximum absolute atomic E-state index is 14.4. The average Bonchev–Trinajstić information content (AvgIpc) is 3.18. The highest BCUT2D eigenvalue weighted by Crippen LogP contribution is 2.53. The number of ether oxygens (including phenoxy) is 1. The molecule has 0 saturated carbocycles. The van der Waals surface area contributed by atoms with Crippen molar-refractivity contribution in [2.45, 2.75) is 166 Å². The number of methoxy groups -OCH3 is 1. The molecule has 0 aliphatic carbocycles. The Kier molecular flexibility index (Phi) is 13.6. The van der Waals surface area contributed by atoms with Crippen molar-refractivity contribution >= 4 is 41.3 Å². The molecule has 6 rings (SSSR count). The first-order valence-electron chi connectivity index (χ1n) is 21.6. The van der Waals surface area contributed by atoms with Crippen LogP contribution >= 0.6 is 35.3 Å². The van der Waals surface area contributed by atoms with Gasteiger partial charge in [0.25, 0.3) is 0 Å². The molecule has 0 fully saturated rings. The van der Waals surface area contributed by atoms with Crippen LogP contribution in [0.5, 0.6) is 28.7 Å². The number of phenolic OH excluding ortho intramolecular Hbond substituents is 5. The van der Waals surface area contributed by atoms with Gasteiger partial charge in [0, 0.05) is 30.6 Å². The summed E-state index contributed by atoms with van der Waals surface area (Å²) in [6.45, 7) is 27.2. The Morgan fingerprint density at radius 2 is 0.797 bits per heavy atom. The van der Waals surface area contributed by atoms with Crippen LogP contribution in [0, 0.1) is 0 Å². The maximum Gasteiger partial charge on any atom is 0.326 e. The predicted molar refractivity (Wildman–Crippen MR) is 261 cm³/mol. The van der Waals surface area contributed by atoms with E-state index in [1.165, 1.54) is 42.4 Å². The van der Waals surface area contributed by atoms with Crippen LogP contribution in [0.2, 0.25) is 0 Å². The Hall–Kier alpha value is -4.42. The predicted octanol–water partition coefficient (Wildman–Crippen LogP) is 13.3. The van der Waals surface area contributed by atoms with Gasteiger partial charge in [-0.15, -0.1) is 0 Å². The van der Waals surface area contributed by atoms with Crippen LogP contribution in [0.3, 0.4) is 0 Å². The molecule has 64 heavy (non-hydrogen) atoms. The van der Waals surface area contributed by atoms with Crippen molar-refractivity contribution in [3.63, 3.8) is 0 Å². The summed E-state index contributed by atoms with van der Waals surface area (Å²) < 4.78 is 5.59. The molecular weight excluding hydrogens is 859 g/mol. The number of rotatable bonds is 4. The smallest absolute Gasteiger partial charge is 0.326 e. The number of esters is 1. The molecule has 0 spiro atoms. The molecule has 0 radical (unpaired) electrons. The van der Waals surface area contributed by atoms with Crippen molar-refractivity contribution in [1.82, 2.24) is 4.90 Å². The Labute approximate surface area is 392 Å². The van der Waals surface area contributed by atoms with Crippen molar-refractivity contribution in [3.8, 4) is 28.7 Å². The lowest BCUT2D eigenvalue weighted by Gasteiger charge is -2.40. The highest BCUT2D eigenvalue weighted by atomic mass is 32.2. The minimum Gasteiger partial charge on any atom is -0.508 e. The average molecular weight is 924 g/mol. The third-order valence-electron chi connectivity index (χ3n) is 12.0. The molecule has 5 aromatic carbocycles. The van der Waals surface area contributed by atoms with E-state index in [4.69, 9.17) is 4.74 Å². The Bertz CT molecular complexity index is 2440. The molecule has 1 aliphatic rings. The zero-order chi connectivity index (χ0) is 47.5. The van der Waals surface area contributed by atoms with Gasteiger partial charge in [-0.2, -0.15) is 0 Å². The lowest BCUT2D eigenvalue weighted by molar-refractivity contribution is -0.155. The van der Waals surface area contributed by atoms with E-state index in [1.54, 1.807) is 24.3 Å². The molecule has 0 amide bonds. The zero-order valence-electron chi connectivity index (χ0n) is 39.8. The minimum absolute atomic E-state index is 0.000182. The van der Waals surface area contributed by atoms with Crippen LogP contribution in [0.25, 0.3) is 0 Å². The second-order valence-electron chi connectivity index (χ2n) is 21.4. The van der Waals surface area contributed by atoms with Gasteiger partial charge in [-0.25, -0.2) is 0 Å². The first-order chi connectivity index (χ1) is 29.5. The molecule has 342 valence electrons. The molecule has 8 bridgehead atoms. The third kappa shape index (κ3) is 10.5. The third-order valence-corrected chi connectivity index (χ3v) is 15.2. The van der Waals surface area contributed by atoms with E-state index in [0.29, 0.717) is 40.5 Å². The van der Waals surface area contributed by atoms with E-state index in [0.717, 1.165) is 27.8 Å². The second kappa shape index (κ2) is 17.8. The number of fused-ring (bicyclic) bond motifs is 8. The molecule has 5 N–H and O–H groups in total. The van der Waals surface area contributed by atoms with Crippen LogP contribution in [-0.4, -0.2) is 49.1 Å². The van der Waals surface area contributed by atoms with Crippen molar-refractivity contribution in [1.29, 1.82) is 0 Å². The van der Waals surface area contributed by atoms with E-state index in [2.05, 4.69) is 83.1 Å². The summed E-state index contributed by atoms with van der Waals surface area (Å²) in [5, 5.41) is 59.7. The van der Waals surface area contributed by atoms with Gasteiger partial charge in [0.1, 0.15) is 34.3 Å². The Morgan fingerprint density at radius 3 is 1.09 bits per heavy atom. The van der Waals surface area contributed by atoms with E-state index < -0.39 is 11.5 Å². The van der Waals surface area contributed by atoms with E-state index in [-0.39, 0.29) is 69.9 Å². The minimum atomic E-state index is -1.37. The number of aromatic hydroxyl groups is 5. The number of benzene rings is 5. The van der Waals surface area contributed by atoms with E-state index >= 15 is 0 Å². The zero-order valence-corrected chi connectivity index (χ0v) is 42.2. The fourth-order valence-electron chi connectivity index (χ4n) is 7.65. The van der Waals surface area contributed by atoms with Crippen molar-refractivity contribution < 1.29 is 35.1 Å². The van der Waals surface area contributed by atoms with Crippen molar-refractivity contribution in [3.05, 3.63) is 112 Å². The summed E-state index contributed by atoms with van der Waals surface area (Å²) >= 11 is 3.83. The molecule has 5 aromatic rings. The molecule has 1 atom stereocenters. The molecule has 1 heterocycles. The molecule has 8 nitrogen and oxygen atoms in total. The Morgan fingerprint density at radius 1 is 0.500 bits per heavy atom. The summed E-state index contributed by atoms with van der Waals surface area (Å²) in [4.78, 5) is 19.6. The highest BCUT2D eigenvalue weighted by molar-refractivity contribution is 8.01. The van der Waals surface area contributed by atoms with Crippen LogP contribution in [0.4, 0.5) is 0 Å². The quantitative estimate of drug-likeness (QED) is 0.110. The van der Waals surface area contributed by atoms with Gasteiger partial charge < -0.3 is 30.3 Å². The van der Waals surface area contributed by atoms with E-state index in [1.807, 2.05) is 60.4 Å². The van der Waals surface area contributed by atoms with Crippen LogP contribution in [0.1, 0.15) is 129 Å². The molecule has 0 aromatic heterocycles. The fraction of sp³-hybridized carbons (Fsp3) is 0.415. The SMILES string of the molecule is COC(=O)[C@](C)(Cc1ccc(O)cc1)N1Cc2cc(C(C)(C)C)cc(c2O)Sc2cc(C(C)(C)C)cc(c2O)Sc2cc(C(C)(C)C)cc(c2O)Sc2cc(C(C)(C)C)cc(c2O)C1. The van der Waals surface area contributed by atoms with Gasteiger partial charge in [0.15, 0.2) is 0 Å². The van der Waals surface area contributed by atoms with Gasteiger partial charge in [0.2, 0.25) is 0 Å². The largest absolute Gasteiger partial charge is 0.508 e. The summed E-state index contributed by atoms with van der Waals surface area (Å²) in [6.07, 6.45) is 0.173. The number of carbonyl (C=O) groups excluding carboxylic acids is 1. The molecule has 11 heteroatoms. The molecule has 1 aliphatic heterocycles. The summed E-state index contributed by atoms with van der Waals surface area (Å²) in [5.74, 6) is -0.376. The number of phenols is 5. The fourth-order valence-corrected chi connectivity index (χ4v) is 10.9. The number of carbonyl (C=O) groups is 1. The summed E-state index contributed by atoms with van der Waals surface area (Å²) in [7, 11) is 1.36. The lowest BCUT2D eigenvalue weighted by Crippen LogP contribution is -2.54. The normalized spacial score (nSPS) is 15.2. The van der Waals surface area contributed by atoms with Gasteiger partial charge >= 0.3 is 5.97 Å². The van der Waals surface area contributed by atoms with Crippen LogP contribution in [0.15, 0.2) is 102 Å². The highest BCUT2D eigenvalue weighted by Gasteiger charge is 2.42. The van der Waals surface area contributed by atoms with E-state index in [9.17, 15) is 30.3 Å². The molecule has 0 saturated heterocycles. The standard InChI is InChI=1S/C53H65NO7S3/c1-49(2,3)33-19-31-28-54(53(13,48(60)61-14)27-30-15-17-37(55)18-16-30)29-32-20-34(50(4,5)6)22-39(45(32)57)63-41-24-36(52(10,11)12)26-43(47(41)59)64-42-25-35(51(7,8)9)23-40(46(42)58)62-38(21-33)44(31)56/h15-26,55-59H,27-29H2,1-14H3/t53-/m0/s1. The van der Waals surface area contributed by atoms with Gasteiger partial charge in [0.05, 0.1) is 36.5 Å². The summed E-state index contributed by atoms with van der Waals surface area (Å²) in [6, 6.07) is 22.5. The Balaban J connectivity index is 1.74. The van der Waals surface area contributed by atoms with Crippen LogP contribution in [-0.2, 0) is 50.7 Å². The van der Waals surface area contributed by atoms with Gasteiger partial charge in [-0.1, -0.05) is 143 Å². The van der Waals surface area contributed by atoms with Crippen molar-refractivity contribution in [2.24, 2.45) is 0 Å². The van der Waals surface area contributed by atoms with Gasteiger partial charge in [-0.3, -0.25) is 9.69 Å². The second-order valence-corrected chi connectivity index (χ2v) is 24.6. The monoisotopic (exact) mass is 923 g/mol. The first-order valence-corrected chi connectivity index (χ1v) is 24.1. The maximum atomic E-state index is 14.4. The number of hydrogen-bond donors (Lipinski definition) is 5.